The van der Waals surface area contributed by atoms with Gasteiger partial charge in [-0.15, -0.1) is 0 Å². The summed E-state index contributed by atoms with van der Waals surface area (Å²) in [5.41, 5.74) is 1.76. The zero-order chi connectivity index (χ0) is 25.5. The molecule has 7 nitrogen and oxygen atoms in total. The molecular weight excluding hydrogens is 452 g/mol. The molecule has 1 aliphatic heterocycles. The number of rotatable bonds is 5. The Morgan fingerprint density at radius 3 is 2.34 bits per heavy atom. The van der Waals surface area contributed by atoms with E-state index in [-0.39, 0.29) is 31.2 Å². The van der Waals surface area contributed by atoms with Crippen LogP contribution in [0.2, 0.25) is 0 Å². The number of hydrogen-bond donors (Lipinski definition) is 0. The normalized spacial score (nSPS) is 16.1. The summed E-state index contributed by atoms with van der Waals surface area (Å²) in [5, 5.41) is 4.15. The Kier molecular flexibility index (Phi) is 9.37. The first-order valence-electron chi connectivity index (χ1n) is 12.5. The second kappa shape index (κ2) is 12.2. The first-order valence-corrected chi connectivity index (χ1v) is 12.5. The van der Waals surface area contributed by atoms with Gasteiger partial charge in [-0.25, -0.2) is 8.78 Å². The first-order chi connectivity index (χ1) is 16.7. The summed E-state index contributed by atoms with van der Waals surface area (Å²) in [5.74, 6) is -2.19. The number of anilines is 1. The van der Waals surface area contributed by atoms with Crippen molar-refractivity contribution in [2.45, 2.75) is 65.5 Å². The van der Waals surface area contributed by atoms with Gasteiger partial charge in [0.2, 0.25) is 11.8 Å². The van der Waals surface area contributed by atoms with E-state index in [1.54, 1.807) is 27.6 Å². The highest BCUT2D eigenvalue weighted by molar-refractivity contribution is 5.94. The van der Waals surface area contributed by atoms with Crippen molar-refractivity contribution >= 4 is 17.5 Å². The number of hydrogen-bond acceptors (Lipinski definition) is 4. The highest BCUT2D eigenvalue weighted by Crippen LogP contribution is 2.27. The number of carbonyl (C=O) groups excluding carboxylic acids is 2. The van der Waals surface area contributed by atoms with Gasteiger partial charge < -0.3 is 14.7 Å². The lowest BCUT2D eigenvalue weighted by Gasteiger charge is -2.33. The molecule has 0 fully saturated rings. The van der Waals surface area contributed by atoms with Gasteiger partial charge in [0.1, 0.15) is 0 Å². The predicted molar refractivity (Wildman–Crippen MR) is 132 cm³/mol. The van der Waals surface area contributed by atoms with Gasteiger partial charge in [0.05, 0.1) is 11.9 Å². The third-order valence-corrected chi connectivity index (χ3v) is 6.55. The Morgan fingerprint density at radius 2 is 1.71 bits per heavy atom. The number of halogens is 2. The average Bonchev–Trinajstić information content (AvgIpc) is 3.24. The minimum Gasteiger partial charge on any atom is -0.338 e. The molecule has 9 heteroatoms. The van der Waals surface area contributed by atoms with Crippen LogP contribution in [0.25, 0.3) is 0 Å². The second-order valence-electron chi connectivity index (χ2n) is 9.47. The second-order valence-corrected chi connectivity index (χ2v) is 9.47. The number of amides is 2. The van der Waals surface area contributed by atoms with Crippen LogP contribution in [0.15, 0.2) is 24.5 Å². The van der Waals surface area contributed by atoms with Gasteiger partial charge in [0.25, 0.3) is 0 Å². The minimum absolute atomic E-state index is 0.0638. The molecule has 0 radical (unpaired) electrons. The number of aromatic nitrogens is 2. The Hall–Kier alpha value is -2.81. The predicted octanol–water partition coefficient (Wildman–Crippen LogP) is 3.91. The standard InChI is InChI=1S/C26H37F2N5O2/c1-5-25(34)33-13-7-11-31(19(2)3)10-6-12-32(18-21-14-22(27)23(28)15-24(21)33)26(35)9-8-20-16-29-30(4)17-20/h14-17,19H,5-13,18H2,1-4H3. The molecule has 2 amide bonds. The topological polar surface area (TPSA) is 61.7 Å². The van der Waals surface area contributed by atoms with E-state index in [1.165, 1.54) is 0 Å². The molecule has 0 aliphatic carbocycles. The van der Waals surface area contributed by atoms with Crippen molar-refractivity contribution in [1.82, 2.24) is 19.6 Å². The Labute approximate surface area is 206 Å². The Bertz CT molecular complexity index is 1020. The Morgan fingerprint density at radius 1 is 1.03 bits per heavy atom. The lowest BCUT2D eigenvalue weighted by atomic mass is 10.1. The van der Waals surface area contributed by atoms with Crippen molar-refractivity contribution in [3.05, 3.63) is 47.3 Å². The molecule has 0 saturated carbocycles. The molecule has 1 aromatic heterocycles. The lowest BCUT2D eigenvalue weighted by Crippen LogP contribution is -2.40. The van der Waals surface area contributed by atoms with Crippen LogP contribution >= 0.6 is 0 Å². The van der Waals surface area contributed by atoms with E-state index >= 15 is 0 Å². The van der Waals surface area contributed by atoms with Crippen LogP contribution in [0.5, 0.6) is 0 Å². The van der Waals surface area contributed by atoms with Crippen molar-refractivity contribution < 1.29 is 18.4 Å². The van der Waals surface area contributed by atoms with Crippen LogP contribution in [0.4, 0.5) is 14.5 Å². The molecule has 0 atom stereocenters. The monoisotopic (exact) mass is 489 g/mol. The summed E-state index contributed by atoms with van der Waals surface area (Å²) < 4.78 is 30.4. The van der Waals surface area contributed by atoms with Gasteiger partial charge in [0.15, 0.2) is 11.6 Å². The average molecular weight is 490 g/mol. The van der Waals surface area contributed by atoms with Crippen LogP contribution in [0.1, 0.15) is 57.6 Å². The Balaban J connectivity index is 1.93. The van der Waals surface area contributed by atoms with E-state index in [2.05, 4.69) is 23.8 Å². The molecule has 0 spiro atoms. The van der Waals surface area contributed by atoms with Crippen LogP contribution in [-0.2, 0) is 29.6 Å². The zero-order valence-corrected chi connectivity index (χ0v) is 21.3. The zero-order valence-electron chi connectivity index (χ0n) is 21.3. The molecule has 0 N–H and O–H groups in total. The van der Waals surface area contributed by atoms with Gasteiger partial charge in [-0.2, -0.15) is 5.10 Å². The van der Waals surface area contributed by atoms with E-state index in [1.807, 2.05) is 13.2 Å². The molecule has 0 unspecified atom stereocenters. The molecule has 3 rings (SSSR count). The fourth-order valence-electron chi connectivity index (χ4n) is 4.56. The van der Waals surface area contributed by atoms with Crippen LogP contribution in [0.3, 0.4) is 0 Å². The summed E-state index contributed by atoms with van der Waals surface area (Å²) in [4.78, 5) is 31.7. The summed E-state index contributed by atoms with van der Waals surface area (Å²) in [6, 6.07) is 2.55. The first kappa shape index (κ1) is 26.8. The quantitative estimate of drug-likeness (QED) is 0.639. The fourth-order valence-corrected chi connectivity index (χ4v) is 4.56. The molecule has 192 valence electrons. The van der Waals surface area contributed by atoms with Crippen molar-refractivity contribution in [2.24, 2.45) is 7.05 Å². The maximum atomic E-state index is 14.3. The van der Waals surface area contributed by atoms with Crippen molar-refractivity contribution in [1.29, 1.82) is 0 Å². The van der Waals surface area contributed by atoms with Crippen LogP contribution in [0, 0.1) is 11.6 Å². The SMILES string of the molecule is CCC(=O)N1CCCN(C(C)C)CCCN(C(=O)CCc2cnn(C)c2)Cc2cc(F)c(F)cc21. The van der Waals surface area contributed by atoms with Gasteiger partial charge in [-0.3, -0.25) is 14.3 Å². The highest BCUT2D eigenvalue weighted by atomic mass is 19.2. The van der Waals surface area contributed by atoms with E-state index in [0.717, 1.165) is 43.6 Å². The van der Waals surface area contributed by atoms with Crippen molar-refractivity contribution in [3.63, 3.8) is 0 Å². The van der Waals surface area contributed by atoms with E-state index in [9.17, 15) is 18.4 Å². The van der Waals surface area contributed by atoms with Gasteiger partial charge in [-0.05, 0) is 50.3 Å². The summed E-state index contributed by atoms with van der Waals surface area (Å²) in [7, 11) is 1.83. The maximum absolute atomic E-state index is 14.3. The van der Waals surface area contributed by atoms with Crippen LogP contribution in [-0.4, -0.2) is 63.6 Å². The largest absolute Gasteiger partial charge is 0.338 e. The van der Waals surface area contributed by atoms with E-state index in [4.69, 9.17) is 0 Å². The number of benzene rings is 1. The molecule has 1 aromatic carbocycles. The van der Waals surface area contributed by atoms with E-state index in [0.29, 0.717) is 36.8 Å². The van der Waals surface area contributed by atoms with Crippen molar-refractivity contribution in [3.8, 4) is 0 Å². The third kappa shape index (κ3) is 7.10. The molecule has 35 heavy (non-hydrogen) atoms. The van der Waals surface area contributed by atoms with Gasteiger partial charge >= 0.3 is 0 Å². The molecular formula is C26H37F2N5O2. The summed E-state index contributed by atoms with van der Waals surface area (Å²) in [6.45, 7) is 8.63. The minimum atomic E-state index is -0.997. The maximum Gasteiger partial charge on any atom is 0.226 e. The third-order valence-electron chi connectivity index (χ3n) is 6.55. The molecule has 2 heterocycles. The van der Waals surface area contributed by atoms with E-state index < -0.39 is 11.6 Å². The number of fused-ring (bicyclic) bond motifs is 1. The molecule has 1 aliphatic rings. The lowest BCUT2D eigenvalue weighted by molar-refractivity contribution is -0.131. The summed E-state index contributed by atoms with van der Waals surface area (Å²) >= 11 is 0. The molecule has 0 saturated heterocycles. The molecule has 0 bridgehead atoms. The van der Waals surface area contributed by atoms with Crippen LogP contribution < -0.4 is 4.90 Å². The number of carbonyl (C=O) groups is 2. The van der Waals surface area contributed by atoms with Crippen molar-refractivity contribution in [2.75, 3.05) is 31.1 Å². The number of nitrogens with zero attached hydrogens (tertiary/aromatic N) is 5. The van der Waals surface area contributed by atoms with Gasteiger partial charge in [-0.1, -0.05) is 6.92 Å². The highest BCUT2D eigenvalue weighted by Gasteiger charge is 2.24. The van der Waals surface area contributed by atoms with Gasteiger partial charge in [0, 0.05) is 70.9 Å². The summed E-state index contributed by atoms with van der Waals surface area (Å²) in [6.07, 6.45) is 6.20. The smallest absolute Gasteiger partial charge is 0.226 e. The number of aryl methyl sites for hydroxylation is 2. The fraction of sp³-hybridized carbons (Fsp3) is 0.577. The molecule has 2 aromatic rings.